The molecule has 0 aliphatic carbocycles. The first kappa shape index (κ1) is 15.7. The summed E-state index contributed by atoms with van der Waals surface area (Å²) in [6, 6.07) is 1.87. The van der Waals surface area contributed by atoms with E-state index in [1.165, 1.54) is 6.33 Å². The zero-order valence-electron chi connectivity index (χ0n) is 12.3. The third kappa shape index (κ3) is 3.69. The van der Waals surface area contributed by atoms with Crippen LogP contribution in [0.15, 0.2) is 23.5 Å². The fourth-order valence-corrected chi connectivity index (χ4v) is 3.05. The Kier molecular flexibility index (Phi) is 4.76. The Morgan fingerprint density at radius 2 is 2.14 bits per heavy atom. The number of H-pyrrole nitrogens is 1. The topological polar surface area (TPSA) is 105 Å². The Hall–Kier alpha value is -1.71. The van der Waals surface area contributed by atoms with Gasteiger partial charge in [-0.15, -0.1) is 0 Å². The minimum absolute atomic E-state index is 0.0799. The number of sulfonamides is 1. The van der Waals surface area contributed by atoms with Crippen LogP contribution in [0.25, 0.3) is 0 Å². The predicted octanol–water partition coefficient (Wildman–Crippen LogP) is 0.385. The van der Waals surface area contributed by atoms with Crippen LogP contribution in [0.1, 0.15) is 31.4 Å². The van der Waals surface area contributed by atoms with Gasteiger partial charge in [-0.3, -0.25) is 5.10 Å². The van der Waals surface area contributed by atoms with Gasteiger partial charge >= 0.3 is 0 Å². The summed E-state index contributed by atoms with van der Waals surface area (Å²) in [4.78, 5) is 4.14. The molecule has 0 radical (unpaired) electrons. The Labute approximate surface area is 124 Å². The molecule has 0 fully saturated rings. The SMILES string of the molecule is CNCc1cc(S(=O)(=O)NCc2ncn[nH]2)cn1C(C)C. The molecule has 0 aromatic carbocycles. The van der Waals surface area contributed by atoms with E-state index in [0.29, 0.717) is 12.4 Å². The first-order valence-corrected chi connectivity index (χ1v) is 8.11. The highest BCUT2D eigenvalue weighted by molar-refractivity contribution is 7.89. The molecular formula is C12H20N6O2S. The molecule has 0 aliphatic rings. The number of aromatic amines is 1. The van der Waals surface area contributed by atoms with Crippen molar-refractivity contribution in [1.29, 1.82) is 0 Å². The van der Waals surface area contributed by atoms with Crippen LogP contribution < -0.4 is 10.0 Å². The van der Waals surface area contributed by atoms with E-state index in [4.69, 9.17) is 0 Å². The van der Waals surface area contributed by atoms with E-state index < -0.39 is 10.0 Å². The van der Waals surface area contributed by atoms with Crippen LogP contribution in [0.2, 0.25) is 0 Å². The monoisotopic (exact) mass is 312 g/mol. The standard InChI is InChI=1S/C12H20N6O2S/c1-9(2)18-7-11(4-10(18)5-13-3)21(19,20)16-6-12-14-8-15-17-12/h4,7-9,13,16H,5-6H2,1-3H3,(H,14,15,17). The molecule has 2 rings (SSSR count). The molecule has 9 heteroatoms. The van der Waals surface area contributed by atoms with Gasteiger partial charge in [0.05, 0.1) is 11.4 Å². The van der Waals surface area contributed by atoms with E-state index in [1.807, 2.05) is 25.5 Å². The zero-order chi connectivity index (χ0) is 15.5. The molecule has 2 aromatic heterocycles. The summed E-state index contributed by atoms with van der Waals surface area (Å²) >= 11 is 0. The van der Waals surface area contributed by atoms with Crippen LogP contribution in [0, 0.1) is 0 Å². The van der Waals surface area contributed by atoms with Gasteiger partial charge in [0.2, 0.25) is 10.0 Å². The van der Waals surface area contributed by atoms with Crippen molar-refractivity contribution in [2.24, 2.45) is 0 Å². The highest BCUT2D eigenvalue weighted by Crippen LogP contribution is 2.19. The molecule has 0 unspecified atom stereocenters. The Morgan fingerprint density at radius 3 is 2.71 bits per heavy atom. The summed E-state index contributed by atoms with van der Waals surface area (Å²) in [5, 5.41) is 9.33. The summed E-state index contributed by atoms with van der Waals surface area (Å²) in [7, 11) is -1.75. The minimum Gasteiger partial charge on any atom is -0.346 e. The molecular weight excluding hydrogens is 292 g/mol. The first-order valence-electron chi connectivity index (χ1n) is 6.63. The lowest BCUT2D eigenvalue weighted by Crippen LogP contribution is -2.23. The van der Waals surface area contributed by atoms with Gasteiger partial charge in [0.25, 0.3) is 0 Å². The van der Waals surface area contributed by atoms with Crippen molar-refractivity contribution in [2.45, 2.75) is 37.9 Å². The predicted molar refractivity (Wildman–Crippen MR) is 78.0 cm³/mol. The zero-order valence-corrected chi connectivity index (χ0v) is 13.1. The van der Waals surface area contributed by atoms with Crippen LogP contribution in [-0.2, 0) is 23.1 Å². The smallest absolute Gasteiger partial charge is 0.242 e. The Balaban J connectivity index is 2.21. The maximum Gasteiger partial charge on any atom is 0.242 e. The number of nitrogens with zero attached hydrogens (tertiary/aromatic N) is 3. The summed E-state index contributed by atoms with van der Waals surface area (Å²) in [6.07, 6.45) is 2.99. The third-order valence-electron chi connectivity index (χ3n) is 3.03. The lowest BCUT2D eigenvalue weighted by molar-refractivity contribution is 0.560. The van der Waals surface area contributed by atoms with Gasteiger partial charge in [-0.25, -0.2) is 18.1 Å². The van der Waals surface area contributed by atoms with E-state index >= 15 is 0 Å². The molecule has 0 bridgehead atoms. The van der Waals surface area contributed by atoms with E-state index in [9.17, 15) is 8.42 Å². The molecule has 0 spiro atoms. The van der Waals surface area contributed by atoms with E-state index in [1.54, 1.807) is 12.3 Å². The van der Waals surface area contributed by atoms with Gasteiger partial charge < -0.3 is 9.88 Å². The van der Waals surface area contributed by atoms with Crippen LogP contribution in [-0.4, -0.2) is 35.2 Å². The van der Waals surface area contributed by atoms with Crippen molar-refractivity contribution in [1.82, 2.24) is 29.8 Å². The maximum atomic E-state index is 12.3. The molecule has 2 heterocycles. The van der Waals surface area contributed by atoms with Crippen LogP contribution in [0.4, 0.5) is 0 Å². The minimum atomic E-state index is -3.58. The average molecular weight is 312 g/mol. The number of hydrogen-bond acceptors (Lipinski definition) is 5. The second kappa shape index (κ2) is 6.37. The van der Waals surface area contributed by atoms with Gasteiger partial charge in [0.15, 0.2) is 0 Å². The van der Waals surface area contributed by atoms with Crippen molar-refractivity contribution < 1.29 is 8.42 Å². The van der Waals surface area contributed by atoms with Gasteiger partial charge in [0.1, 0.15) is 12.2 Å². The van der Waals surface area contributed by atoms with Gasteiger partial charge in [-0.05, 0) is 27.0 Å². The first-order chi connectivity index (χ1) is 9.94. The number of nitrogens with one attached hydrogen (secondary N) is 3. The second-order valence-corrected chi connectivity index (χ2v) is 6.72. The van der Waals surface area contributed by atoms with Gasteiger partial charge in [0, 0.05) is 24.5 Å². The van der Waals surface area contributed by atoms with E-state index in [2.05, 4.69) is 25.2 Å². The molecule has 3 N–H and O–H groups in total. The average Bonchev–Trinajstić information content (AvgIpc) is 3.06. The molecule has 0 amide bonds. The lowest BCUT2D eigenvalue weighted by Gasteiger charge is -2.11. The summed E-state index contributed by atoms with van der Waals surface area (Å²) in [5.74, 6) is 0.470. The van der Waals surface area contributed by atoms with Crippen molar-refractivity contribution >= 4 is 10.0 Å². The largest absolute Gasteiger partial charge is 0.346 e. The summed E-state index contributed by atoms with van der Waals surface area (Å²) in [6.45, 7) is 4.71. The molecule has 2 aromatic rings. The summed E-state index contributed by atoms with van der Waals surface area (Å²) < 4.78 is 29.1. The fourth-order valence-electron chi connectivity index (χ4n) is 2.01. The fraction of sp³-hybridized carbons (Fsp3) is 0.500. The Morgan fingerprint density at radius 1 is 1.38 bits per heavy atom. The second-order valence-electron chi connectivity index (χ2n) is 4.96. The number of rotatable bonds is 7. The lowest BCUT2D eigenvalue weighted by atomic mass is 10.3. The van der Waals surface area contributed by atoms with E-state index in [-0.39, 0.29) is 17.5 Å². The molecule has 21 heavy (non-hydrogen) atoms. The molecule has 0 saturated carbocycles. The van der Waals surface area contributed by atoms with Crippen molar-refractivity contribution in [3.05, 3.63) is 30.1 Å². The van der Waals surface area contributed by atoms with E-state index in [0.717, 1.165) is 5.69 Å². The van der Waals surface area contributed by atoms with Crippen molar-refractivity contribution in [3.8, 4) is 0 Å². The highest BCUT2D eigenvalue weighted by Gasteiger charge is 2.19. The number of hydrogen-bond donors (Lipinski definition) is 3. The quantitative estimate of drug-likeness (QED) is 0.686. The van der Waals surface area contributed by atoms with Crippen molar-refractivity contribution in [3.63, 3.8) is 0 Å². The molecule has 116 valence electrons. The molecule has 8 nitrogen and oxygen atoms in total. The van der Waals surface area contributed by atoms with Crippen LogP contribution >= 0.6 is 0 Å². The van der Waals surface area contributed by atoms with Crippen LogP contribution in [0.3, 0.4) is 0 Å². The third-order valence-corrected chi connectivity index (χ3v) is 4.39. The van der Waals surface area contributed by atoms with Crippen LogP contribution in [0.5, 0.6) is 0 Å². The number of aromatic nitrogens is 4. The maximum absolute atomic E-state index is 12.3. The highest BCUT2D eigenvalue weighted by atomic mass is 32.2. The van der Waals surface area contributed by atoms with Gasteiger partial charge in [-0.1, -0.05) is 0 Å². The van der Waals surface area contributed by atoms with Gasteiger partial charge in [-0.2, -0.15) is 5.10 Å². The Bertz CT molecular complexity index is 675. The molecule has 0 aliphatic heterocycles. The summed E-state index contributed by atoms with van der Waals surface area (Å²) in [5.41, 5.74) is 0.924. The molecule has 0 saturated heterocycles. The normalized spacial score (nSPS) is 12.2. The van der Waals surface area contributed by atoms with Crippen molar-refractivity contribution in [2.75, 3.05) is 7.05 Å². The molecule has 0 atom stereocenters.